The van der Waals surface area contributed by atoms with Crippen LogP contribution in [0.4, 0.5) is 0 Å². The van der Waals surface area contributed by atoms with Crippen molar-refractivity contribution >= 4 is 5.97 Å². The van der Waals surface area contributed by atoms with Crippen molar-refractivity contribution in [3.63, 3.8) is 0 Å². The Hall–Kier alpha value is -1.57. The van der Waals surface area contributed by atoms with Gasteiger partial charge in [-0.1, -0.05) is 36.4 Å². The van der Waals surface area contributed by atoms with E-state index in [1.54, 1.807) is 6.08 Å². The van der Waals surface area contributed by atoms with E-state index in [0.29, 0.717) is 11.8 Å². The molecule has 1 N–H and O–H groups in total. The minimum Gasteiger partial charge on any atom is -0.478 e. The van der Waals surface area contributed by atoms with Crippen LogP contribution >= 0.6 is 0 Å². The van der Waals surface area contributed by atoms with Crippen LogP contribution in [0.3, 0.4) is 0 Å². The third kappa shape index (κ3) is 2.02. The first-order valence-electron chi connectivity index (χ1n) is 4.73. The summed E-state index contributed by atoms with van der Waals surface area (Å²) in [6, 6.07) is 10.2. The van der Waals surface area contributed by atoms with Crippen molar-refractivity contribution in [1.29, 1.82) is 0 Å². The van der Waals surface area contributed by atoms with Crippen LogP contribution in [0.1, 0.15) is 17.9 Å². The molecule has 0 spiro atoms. The molecule has 1 saturated carbocycles. The van der Waals surface area contributed by atoms with E-state index in [-0.39, 0.29) is 0 Å². The molecular formula is C12H12O2. The normalized spacial score (nSPS) is 25.1. The van der Waals surface area contributed by atoms with Gasteiger partial charge in [-0.25, -0.2) is 4.79 Å². The van der Waals surface area contributed by atoms with Crippen LogP contribution in [0.2, 0.25) is 0 Å². The van der Waals surface area contributed by atoms with Crippen LogP contribution in [0.5, 0.6) is 0 Å². The second kappa shape index (κ2) is 3.66. The fourth-order valence-corrected chi connectivity index (χ4v) is 1.72. The van der Waals surface area contributed by atoms with Gasteiger partial charge in [-0.15, -0.1) is 0 Å². The number of allylic oxidation sites excluding steroid dienone is 1. The summed E-state index contributed by atoms with van der Waals surface area (Å²) in [7, 11) is 0. The molecule has 0 unspecified atom stereocenters. The maximum absolute atomic E-state index is 10.3. The van der Waals surface area contributed by atoms with Crippen molar-refractivity contribution in [3.05, 3.63) is 48.0 Å². The average Bonchev–Trinajstić information content (AvgIpc) is 2.95. The van der Waals surface area contributed by atoms with Crippen LogP contribution in [-0.4, -0.2) is 11.1 Å². The SMILES string of the molecule is O=C(O)/C=C/[C@@H]1C[C@H]1c1ccccc1. The molecule has 14 heavy (non-hydrogen) atoms. The first-order valence-corrected chi connectivity index (χ1v) is 4.73. The number of rotatable bonds is 3. The van der Waals surface area contributed by atoms with Crippen LogP contribution < -0.4 is 0 Å². The summed E-state index contributed by atoms with van der Waals surface area (Å²) >= 11 is 0. The van der Waals surface area contributed by atoms with Crippen molar-refractivity contribution < 1.29 is 9.90 Å². The molecule has 2 rings (SSSR count). The van der Waals surface area contributed by atoms with E-state index < -0.39 is 5.97 Å². The molecule has 2 heteroatoms. The average molecular weight is 188 g/mol. The molecule has 2 nitrogen and oxygen atoms in total. The topological polar surface area (TPSA) is 37.3 Å². The van der Waals surface area contributed by atoms with Crippen molar-refractivity contribution in [2.75, 3.05) is 0 Å². The maximum Gasteiger partial charge on any atom is 0.327 e. The molecule has 0 aliphatic heterocycles. The monoisotopic (exact) mass is 188 g/mol. The number of carboxylic acids is 1. The minimum absolute atomic E-state index is 0.425. The standard InChI is InChI=1S/C12H12O2/c13-12(14)7-6-10-8-11(10)9-4-2-1-3-5-9/h1-7,10-11H,8H2,(H,13,14)/b7-6+/t10-,11+/m1/s1. The quantitative estimate of drug-likeness (QED) is 0.740. The summed E-state index contributed by atoms with van der Waals surface area (Å²) in [6.07, 6.45) is 4.11. The van der Waals surface area contributed by atoms with Gasteiger partial charge in [0.2, 0.25) is 0 Å². The zero-order valence-electron chi connectivity index (χ0n) is 7.76. The van der Waals surface area contributed by atoms with Gasteiger partial charge in [0.25, 0.3) is 0 Å². The maximum atomic E-state index is 10.3. The Kier molecular flexibility index (Phi) is 2.35. The highest BCUT2D eigenvalue weighted by molar-refractivity contribution is 5.79. The van der Waals surface area contributed by atoms with E-state index in [0.717, 1.165) is 6.42 Å². The molecule has 0 saturated heterocycles. The number of benzene rings is 1. The van der Waals surface area contributed by atoms with Crippen molar-refractivity contribution in [2.45, 2.75) is 12.3 Å². The lowest BCUT2D eigenvalue weighted by atomic mass is 10.1. The Bertz CT molecular complexity index is 354. The molecule has 0 aromatic heterocycles. The zero-order valence-corrected chi connectivity index (χ0v) is 7.76. The molecule has 0 radical (unpaired) electrons. The summed E-state index contributed by atoms with van der Waals surface area (Å²) in [5.41, 5.74) is 1.31. The second-order valence-corrected chi connectivity index (χ2v) is 3.61. The number of hydrogen-bond acceptors (Lipinski definition) is 1. The predicted molar refractivity (Wildman–Crippen MR) is 54.1 cm³/mol. The largest absolute Gasteiger partial charge is 0.478 e. The molecule has 0 amide bonds. The molecule has 1 aromatic carbocycles. The lowest BCUT2D eigenvalue weighted by Crippen LogP contribution is -1.87. The Morgan fingerprint density at radius 3 is 2.71 bits per heavy atom. The first kappa shape index (κ1) is 9.00. The van der Waals surface area contributed by atoms with Crippen LogP contribution in [0, 0.1) is 5.92 Å². The zero-order chi connectivity index (χ0) is 9.97. The smallest absolute Gasteiger partial charge is 0.327 e. The summed E-state index contributed by atoms with van der Waals surface area (Å²) in [4.78, 5) is 10.3. The fraction of sp³-hybridized carbons (Fsp3) is 0.250. The number of carbonyl (C=O) groups is 1. The van der Waals surface area contributed by atoms with Crippen molar-refractivity contribution in [1.82, 2.24) is 0 Å². The van der Waals surface area contributed by atoms with Gasteiger partial charge in [0, 0.05) is 6.08 Å². The highest BCUT2D eigenvalue weighted by Crippen LogP contribution is 2.48. The fourth-order valence-electron chi connectivity index (χ4n) is 1.72. The van der Waals surface area contributed by atoms with E-state index in [1.807, 2.05) is 18.2 Å². The van der Waals surface area contributed by atoms with Gasteiger partial charge in [0.1, 0.15) is 0 Å². The lowest BCUT2D eigenvalue weighted by molar-refractivity contribution is -0.131. The van der Waals surface area contributed by atoms with E-state index in [4.69, 9.17) is 5.11 Å². The third-order valence-corrected chi connectivity index (χ3v) is 2.55. The van der Waals surface area contributed by atoms with Gasteiger partial charge in [-0.2, -0.15) is 0 Å². The van der Waals surface area contributed by atoms with Crippen LogP contribution in [0.25, 0.3) is 0 Å². The minimum atomic E-state index is -0.858. The highest BCUT2D eigenvalue weighted by Gasteiger charge is 2.35. The Morgan fingerprint density at radius 2 is 2.07 bits per heavy atom. The van der Waals surface area contributed by atoms with Crippen LogP contribution in [-0.2, 0) is 4.79 Å². The summed E-state index contributed by atoms with van der Waals surface area (Å²) in [5, 5.41) is 8.46. The lowest BCUT2D eigenvalue weighted by Gasteiger charge is -1.95. The first-order chi connectivity index (χ1) is 6.77. The molecule has 0 bridgehead atoms. The van der Waals surface area contributed by atoms with Gasteiger partial charge in [-0.05, 0) is 23.8 Å². The number of aliphatic carboxylic acids is 1. The third-order valence-electron chi connectivity index (χ3n) is 2.55. The van der Waals surface area contributed by atoms with Gasteiger partial charge in [-0.3, -0.25) is 0 Å². The Morgan fingerprint density at radius 1 is 1.36 bits per heavy atom. The summed E-state index contributed by atoms with van der Waals surface area (Å²) < 4.78 is 0. The van der Waals surface area contributed by atoms with E-state index in [2.05, 4.69) is 12.1 Å². The number of hydrogen-bond donors (Lipinski definition) is 1. The van der Waals surface area contributed by atoms with E-state index in [1.165, 1.54) is 11.6 Å². The van der Waals surface area contributed by atoms with Crippen molar-refractivity contribution in [2.24, 2.45) is 5.92 Å². The molecule has 0 heterocycles. The molecular weight excluding hydrogens is 176 g/mol. The second-order valence-electron chi connectivity index (χ2n) is 3.61. The molecule has 72 valence electrons. The summed E-state index contributed by atoms with van der Waals surface area (Å²) in [5.74, 6) is 0.101. The van der Waals surface area contributed by atoms with Crippen molar-refractivity contribution in [3.8, 4) is 0 Å². The number of carboxylic acid groups (broad SMARTS) is 1. The highest BCUT2D eigenvalue weighted by atomic mass is 16.4. The van der Waals surface area contributed by atoms with Crippen LogP contribution in [0.15, 0.2) is 42.5 Å². The van der Waals surface area contributed by atoms with Gasteiger partial charge in [0.05, 0.1) is 0 Å². The van der Waals surface area contributed by atoms with E-state index >= 15 is 0 Å². The van der Waals surface area contributed by atoms with Gasteiger partial charge >= 0.3 is 5.97 Å². The molecule has 1 aliphatic carbocycles. The molecule has 1 fully saturated rings. The molecule has 1 aliphatic rings. The predicted octanol–water partition coefficient (Wildman–Crippen LogP) is 2.43. The Labute approximate surface area is 82.9 Å². The van der Waals surface area contributed by atoms with Gasteiger partial charge in [0.15, 0.2) is 0 Å². The van der Waals surface area contributed by atoms with Gasteiger partial charge < -0.3 is 5.11 Å². The summed E-state index contributed by atoms with van der Waals surface area (Å²) in [6.45, 7) is 0. The Balaban J connectivity index is 1.97. The molecule has 2 atom stereocenters. The molecule has 1 aromatic rings. The van der Waals surface area contributed by atoms with E-state index in [9.17, 15) is 4.79 Å².